The van der Waals surface area contributed by atoms with E-state index in [1.54, 1.807) is 0 Å². The standard InChI is InChI=1S/C19H28N2O3S/c1-15-3-4-17(16(2)13-15)5-6-19(22)21-10-8-20(9-11-21)18-7-12-25(23,24)14-18/h3-4,13,18H,5-12,14H2,1-2H3. The third-order valence-corrected chi connectivity index (χ3v) is 7.25. The molecule has 2 fully saturated rings. The van der Waals surface area contributed by atoms with Crippen molar-refractivity contribution in [1.29, 1.82) is 0 Å². The second kappa shape index (κ2) is 7.46. The minimum absolute atomic E-state index is 0.150. The average Bonchev–Trinajstić information content (AvgIpc) is 2.94. The number of carbonyl (C=O) groups is 1. The number of aryl methyl sites for hydroxylation is 3. The van der Waals surface area contributed by atoms with Crippen molar-refractivity contribution in [2.45, 2.75) is 39.2 Å². The van der Waals surface area contributed by atoms with E-state index < -0.39 is 9.84 Å². The normalized spacial score (nSPS) is 23.8. The highest BCUT2D eigenvalue weighted by molar-refractivity contribution is 7.91. The Kier molecular flexibility index (Phi) is 5.49. The molecular formula is C19H28N2O3S. The van der Waals surface area contributed by atoms with E-state index in [0.29, 0.717) is 25.3 Å². The number of hydrogen-bond acceptors (Lipinski definition) is 4. The zero-order valence-corrected chi connectivity index (χ0v) is 16.0. The van der Waals surface area contributed by atoms with Gasteiger partial charge in [0.25, 0.3) is 0 Å². The van der Waals surface area contributed by atoms with Crippen molar-refractivity contribution < 1.29 is 13.2 Å². The van der Waals surface area contributed by atoms with Crippen LogP contribution in [0.25, 0.3) is 0 Å². The van der Waals surface area contributed by atoms with Crippen LogP contribution in [-0.4, -0.2) is 67.9 Å². The van der Waals surface area contributed by atoms with E-state index in [1.165, 1.54) is 16.7 Å². The van der Waals surface area contributed by atoms with E-state index in [9.17, 15) is 13.2 Å². The molecule has 1 aromatic rings. The Morgan fingerprint density at radius 2 is 1.88 bits per heavy atom. The number of piperazine rings is 1. The number of carbonyl (C=O) groups excluding carboxylic acids is 1. The van der Waals surface area contributed by atoms with Crippen LogP contribution in [0.15, 0.2) is 18.2 Å². The van der Waals surface area contributed by atoms with Crippen molar-refractivity contribution in [3.8, 4) is 0 Å². The molecule has 1 amide bonds. The predicted octanol–water partition coefficient (Wildman–Crippen LogP) is 1.57. The summed E-state index contributed by atoms with van der Waals surface area (Å²) in [4.78, 5) is 16.7. The summed E-state index contributed by atoms with van der Waals surface area (Å²) < 4.78 is 23.3. The van der Waals surface area contributed by atoms with Crippen LogP contribution in [0, 0.1) is 13.8 Å². The van der Waals surface area contributed by atoms with E-state index in [2.05, 4.69) is 36.9 Å². The van der Waals surface area contributed by atoms with Crippen molar-refractivity contribution >= 4 is 15.7 Å². The van der Waals surface area contributed by atoms with Crippen molar-refractivity contribution in [2.75, 3.05) is 37.7 Å². The summed E-state index contributed by atoms with van der Waals surface area (Å²) >= 11 is 0. The van der Waals surface area contributed by atoms with Crippen LogP contribution in [0.1, 0.15) is 29.5 Å². The Balaban J connectivity index is 1.47. The van der Waals surface area contributed by atoms with Crippen molar-refractivity contribution in [2.24, 2.45) is 0 Å². The van der Waals surface area contributed by atoms with Gasteiger partial charge in [-0.3, -0.25) is 9.69 Å². The molecule has 0 bridgehead atoms. The molecule has 2 heterocycles. The van der Waals surface area contributed by atoms with Crippen molar-refractivity contribution in [1.82, 2.24) is 9.80 Å². The van der Waals surface area contributed by atoms with Gasteiger partial charge in [0.05, 0.1) is 11.5 Å². The van der Waals surface area contributed by atoms with Gasteiger partial charge in [0.2, 0.25) is 5.91 Å². The second-order valence-electron chi connectivity index (χ2n) is 7.40. The van der Waals surface area contributed by atoms with Crippen molar-refractivity contribution in [3.05, 3.63) is 34.9 Å². The zero-order chi connectivity index (χ0) is 18.0. The molecule has 2 aliphatic rings. The van der Waals surface area contributed by atoms with Gasteiger partial charge < -0.3 is 4.90 Å². The molecule has 2 saturated heterocycles. The zero-order valence-electron chi connectivity index (χ0n) is 15.2. The molecule has 0 radical (unpaired) electrons. The van der Waals surface area contributed by atoms with Crippen LogP contribution in [0.3, 0.4) is 0 Å². The van der Waals surface area contributed by atoms with Gasteiger partial charge in [-0.15, -0.1) is 0 Å². The number of benzene rings is 1. The number of hydrogen-bond donors (Lipinski definition) is 0. The minimum Gasteiger partial charge on any atom is -0.340 e. The molecule has 25 heavy (non-hydrogen) atoms. The van der Waals surface area contributed by atoms with Gasteiger partial charge in [-0.25, -0.2) is 8.42 Å². The molecule has 3 rings (SSSR count). The summed E-state index contributed by atoms with van der Waals surface area (Å²) in [5, 5.41) is 0. The van der Waals surface area contributed by atoms with Gasteiger partial charge in [0.15, 0.2) is 9.84 Å². The molecule has 1 unspecified atom stereocenters. The maximum Gasteiger partial charge on any atom is 0.222 e. The largest absolute Gasteiger partial charge is 0.340 e. The Hall–Kier alpha value is -1.40. The maximum absolute atomic E-state index is 12.5. The van der Waals surface area contributed by atoms with E-state index in [1.807, 2.05) is 4.90 Å². The number of nitrogens with zero attached hydrogens (tertiary/aromatic N) is 2. The summed E-state index contributed by atoms with van der Waals surface area (Å²) in [7, 11) is -2.84. The average molecular weight is 365 g/mol. The van der Waals surface area contributed by atoms with E-state index in [-0.39, 0.29) is 17.7 Å². The molecule has 0 aliphatic carbocycles. The first kappa shape index (κ1) is 18.4. The molecule has 0 spiro atoms. The fourth-order valence-corrected chi connectivity index (χ4v) is 5.69. The number of amides is 1. The minimum atomic E-state index is -2.84. The molecule has 0 saturated carbocycles. The lowest BCUT2D eigenvalue weighted by atomic mass is 10.0. The van der Waals surface area contributed by atoms with Crippen LogP contribution < -0.4 is 0 Å². The lowest BCUT2D eigenvalue weighted by Crippen LogP contribution is -2.52. The van der Waals surface area contributed by atoms with Gasteiger partial charge in [0, 0.05) is 38.6 Å². The quantitative estimate of drug-likeness (QED) is 0.814. The Bertz CT molecular complexity index is 737. The summed E-state index contributed by atoms with van der Waals surface area (Å²) in [6.45, 7) is 7.17. The third-order valence-electron chi connectivity index (χ3n) is 5.50. The lowest BCUT2D eigenvalue weighted by Gasteiger charge is -2.37. The van der Waals surface area contributed by atoms with E-state index in [4.69, 9.17) is 0 Å². The Labute approximate surface area is 150 Å². The lowest BCUT2D eigenvalue weighted by molar-refractivity contribution is -0.133. The SMILES string of the molecule is Cc1ccc(CCC(=O)N2CCN(C3CCS(=O)(=O)C3)CC2)c(C)c1. The predicted molar refractivity (Wildman–Crippen MR) is 99.4 cm³/mol. The summed E-state index contributed by atoms with van der Waals surface area (Å²) in [5.41, 5.74) is 3.74. The fourth-order valence-electron chi connectivity index (χ4n) is 3.93. The summed E-state index contributed by atoms with van der Waals surface area (Å²) in [5.74, 6) is 0.805. The van der Waals surface area contributed by atoms with Crippen LogP contribution in [0.5, 0.6) is 0 Å². The van der Waals surface area contributed by atoms with E-state index in [0.717, 1.165) is 25.9 Å². The first-order valence-corrected chi connectivity index (χ1v) is 10.9. The van der Waals surface area contributed by atoms with Crippen LogP contribution in [0.4, 0.5) is 0 Å². The molecule has 1 aromatic carbocycles. The molecule has 0 aromatic heterocycles. The van der Waals surface area contributed by atoms with Gasteiger partial charge >= 0.3 is 0 Å². The smallest absolute Gasteiger partial charge is 0.222 e. The third kappa shape index (κ3) is 4.61. The molecule has 1 atom stereocenters. The van der Waals surface area contributed by atoms with E-state index >= 15 is 0 Å². The molecule has 0 N–H and O–H groups in total. The topological polar surface area (TPSA) is 57.7 Å². The van der Waals surface area contributed by atoms with Crippen LogP contribution in [0.2, 0.25) is 0 Å². The maximum atomic E-state index is 12.5. The molecule has 5 nitrogen and oxygen atoms in total. The summed E-state index contributed by atoms with van der Waals surface area (Å²) in [6.07, 6.45) is 2.07. The van der Waals surface area contributed by atoms with Gasteiger partial charge in [-0.1, -0.05) is 23.8 Å². The molecule has 2 aliphatic heterocycles. The molecular weight excluding hydrogens is 336 g/mol. The van der Waals surface area contributed by atoms with Gasteiger partial charge in [-0.05, 0) is 37.8 Å². The van der Waals surface area contributed by atoms with Crippen LogP contribution in [-0.2, 0) is 21.1 Å². The van der Waals surface area contributed by atoms with Gasteiger partial charge in [0.1, 0.15) is 0 Å². The summed E-state index contributed by atoms with van der Waals surface area (Å²) in [6, 6.07) is 6.53. The van der Waals surface area contributed by atoms with Gasteiger partial charge in [-0.2, -0.15) is 0 Å². The number of rotatable bonds is 4. The highest BCUT2D eigenvalue weighted by Crippen LogP contribution is 2.20. The highest BCUT2D eigenvalue weighted by Gasteiger charge is 2.34. The Morgan fingerprint density at radius 1 is 1.16 bits per heavy atom. The first-order valence-electron chi connectivity index (χ1n) is 9.12. The number of sulfone groups is 1. The highest BCUT2D eigenvalue weighted by atomic mass is 32.2. The molecule has 6 heteroatoms. The fraction of sp³-hybridized carbons (Fsp3) is 0.632. The van der Waals surface area contributed by atoms with Crippen LogP contribution >= 0.6 is 0 Å². The Morgan fingerprint density at radius 3 is 2.48 bits per heavy atom. The second-order valence-corrected chi connectivity index (χ2v) is 9.63. The molecule has 138 valence electrons. The van der Waals surface area contributed by atoms with Crippen molar-refractivity contribution in [3.63, 3.8) is 0 Å². The first-order chi connectivity index (χ1) is 11.8. The monoisotopic (exact) mass is 364 g/mol.